The number of aliphatic carboxylic acids is 1. The Kier molecular flexibility index (Phi) is 5.16. The van der Waals surface area contributed by atoms with Crippen molar-refractivity contribution in [2.75, 3.05) is 18.0 Å². The molecule has 0 amide bonds. The lowest BCUT2D eigenvalue weighted by atomic mass is 9.71. The highest BCUT2D eigenvalue weighted by atomic mass is 16.4. The van der Waals surface area contributed by atoms with Gasteiger partial charge in [-0.15, -0.1) is 0 Å². The van der Waals surface area contributed by atoms with E-state index in [1.165, 1.54) is 18.5 Å². The lowest BCUT2D eigenvalue weighted by Gasteiger charge is -2.40. The van der Waals surface area contributed by atoms with Crippen LogP contribution in [0.3, 0.4) is 0 Å². The summed E-state index contributed by atoms with van der Waals surface area (Å²) in [5.41, 5.74) is 7.06. The molecule has 126 valence electrons. The van der Waals surface area contributed by atoms with E-state index in [0.29, 0.717) is 0 Å². The Bertz CT molecular complexity index is 506. The summed E-state index contributed by atoms with van der Waals surface area (Å²) < 4.78 is 0. The summed E-state index contributed by atoms with van der Waals surface area (Å²) in [6, 6.07) is 3.49. The van der Waals surface area contributed by atoms with E-state index in [-0.39, 0.29) is 5.92 Å². The zero-order valence-electron chi connectivity index (χ0n) is 13.6. The Morgan fingerprint density at radius 2 is 1.65 bits per heavy atom. The molecule has 1 aromatic heterocycles. The van der Waals surface area contributed by atoms with Gasteiger partial charge in [0, 0.05) is 31.2 Å². The third-order valence-electron chi connectivity index (χ3n) is 5.84. The lowest BCUT2D eigenvalue weighted by Crippen LogP contribution is -2.41. The molecule has 1 atom stereocenters. The van der Waals surface area contributed by atoms with E-state index in [2.05, 4.69) is 22.0 Å². The van der Waals surface area contributed by atoms with Crippen LogP contribution in [0.5, 0.6) is 0 Å². The van der Waals surface area contributed by atoms with Gasteiger partial charge in [-0.25, -0.2) is 0 Å². The summed E-state index contributed by atoms with van der Waals surface area (Å²) in [6.07, 6.45) is 10.4. The topological polar surface area (TPSA) is 79.5 Å². The Balaban J connectivity index is 1.47. The number of carboxylic acids is 1. The third-order valence-corrected chi connectivity index (χ3v) is 5.84. The molecular weight excluding hydrogens is 290 g/mol. The third kappa shape index (κ3) is 3.83. The fourth-order valence-corrected chi connectivity index (χ4v) is 4.36. The Hall–Kier alpha value is -1.62. The zero-order valence-corrected chi connectivity index (χ0v) is 13.6. The van der Waals surface area contributed by atoms with Crippen LogP contribution in [0.2, 0.25) is 0 Å². The van der Waals surface area contributed by atoms with Crippen LogP contribution >= 0.6 is 0 Å². The molecule has 2 aliphatic rings. The molecule has 5 heteroatoms. The minimum atomic E-state index is -0.848. The second-order valence-corrected chi connectivity index (χ2v) is 7.07. The highest BCUT2D eigenvalue weighted by Crippen LogP contribution is 2.39. The number of piperidine rings is 1. The predicted molar refractivity (Wildman–Crippen MR) is 90.2 cm³/mol. The maximum absolute atomic E-state index is 11.0. The summed E-state index contributed by atoms with van der Waals surface area (Å²) >= 11 is 0. The number of nitrogens with zero attached hydrogens (tertiary/aromatic N) is 2. The van der Waals surface area contributed by atoms with Crippen LogP contribution in [-0.2, 0) is 4.79 Å². The van der Waals surface area contributed by atoms with E-state index in [0.717, 1.165) is 50.6 Å². The maximum Gasteiger partial charge on any atom is 0.320 e. The van der Waals surface area contributed by atoms with Gasteiger partial charge in [-0.2, -0.15) is 0 Å². The standard InChI is InChI=1S/C18H27N3O2/c19-17(18(22)23)15-3-1-13(2-4-15)14-7-11-21(12-8-14)16-5-9-20-10-6-16/h5-6,9-10,13-15,17H,1-4,7-8,11-12,19H2,(H,22,23). The van der Waals surface area contributed by atoms with Gasteiger partial charge in [0.05, 0.1) is 0 Å². The van der Waals surface area contributed by atoms with Gasteiger partial charge < -0.3 is 15.7 Å². The van der Waals surface area contributed by atoms with Gasteiger partial charge in [0.2, 0.25) is 0 Å². The molecule has 3 N–H and O–H groups in total. The van der Waals surface area contributed by atoms with Crippen molar-refractivity contribution in [2.45, 2.75) is 44.6 Å². The number of carbonyl (C=O) groups is 1. The van der Waals surface area contributed by atoms with Gasteiger partial charge in [-0.3, -0.25) is 9.78 Å². The number of anilines is 1. The van der Waals surface area contributed by atoms with Crippen LogP contribution in [0.1, 0.15) is 38.5 Å². The van der Waals surface area contributed by atoms with Gasteiger partial charge in [0.25, 0.3) is 0 Å². The molecule has 1 saturated carbocycles. The SMILES string of the molecule is NC(C(=O)O)C1CCC(C2CCN(c3ccncc3)CC2)CC1. The number of carboxylic acid groups (broad SMARTS) is 1. The van der Waals surface area contributed by atoms with E-state index in [1.807, 2.05) is 12.4 Å². The quantitative estimate of drug-likeness (QED) is 0.892. The van der Waals surface area contributed by atoms with Gasteiger partial charge in [0.1, 0.15) is 6.04 Å². The van der Waals surface area contributed by atoms with Gasteiger partial charge >= 0.3 is 5.97 Å². The van der Waals surface area contributed by atoms with Crippen LogP contribution in [0.4, 0.5) is 5.69 Å². The molecule has 1 aliphatic carbocycles. The number of pyridine rings is 1. The molecule has 3 rings (SSSR count). The van der Waals surface area contributed by atoms with Crippen molar-refractivity contribution >= 4 is 11.7 Å². The molecule has 1 unspecified atom stereocenters. The molecule has 1 aromatic rings. The zero-order chi connectivity index (χ0) is 16.2. The molecule has 5 nitrogen and oxygen atoms in total. The van der Waals surface area contributed by atoms with Crippen molar-refractivity contribution < 1.29 is 9.90 Å². The fraction of sp³-hybridized carbons (Fsp3) is 0.667. The van der Waals surface area contributed by atoms with Crippen molar-refractivity contribution in [3.8, 4) is 0 Å². The maximum atomic E-state index is 11.0. The van der Waals surface area contributed by atoms with Crippen LogP contribution in [-0.4, -0.2) is 35.2 Å². The molecule has 0 bridgehead atoms. The molecular formula is C18H27N3O2. The van der Waals surface area contributed by atoms with Crippen molar-refractivity contribution in [3.63, 3.8) is 0 Å². The first-order valence-electron chi connectivity index (χ1n) is 8.78. The van der Waals surface area contributed by atoms with Crippen molar-refractivity contribution in [1.29, 1.82) is 0 Å². The first kappa shape index (κ1) is 16.2. The summed E-state index contributed by atoms with van der Waals surface area (Å²) in [7, 11) is 0. The van der Waals surface area contributed by atoms with Crippen LogP contribution in [0.15, 0.2) is 24.5 Å². The smallest absolute Gasteiger partial charge is 0.320 e. The first-order chi connectivity index (χ1) is 11.1. The van der Waals surface area contributed by atoms with Crippen LogP contribution in [0, 0.1) is 17.8 Å². The molecule has 23 heavy (non-hydrogen) atoms. The summed E-state index contributed by atoms with van der Waals surface area (Å²) in [4.78, 5) is 17.5. The van der Waals surface area contributed by atoms with Gasteiger partial charge in [0.15, 0.2) is 0 Å². The molecule has 0 aromatic carbocycles. The second-order valence-electron chi connectivity index (χ2n) is 7.07. The van der Waals surface area contributed by atoms with Crippen LogP contribution < -0.4 is 10.6 Å². The van der Waals surface area contributed by atoms with E-state index in [1.54, 1.807) is 0 Å². The predicted octanol–water partition coefficient (Wildman–Crippen LogP) is 2.52. The Morgan fingerprint density at radius 3 is 2.22 bits per heavy atom. The Labute approximate surface area is 137 Å². The summed E-state index contributed by atoms with van der Waals surface area (Å²) in [5, 5.41) is 9.05. The van der Waals surface area contributed by atoms with Crippen molar-refractivity contribution in [2.24, 2.45) is 23.5 Å². The molecule has 2 heterocycles. The summed E-state index contributed by atoms with van der Waals surface area (Å²) in [5.74, 6) is 0.863. The van der Waals surface area contributed by atoms with E-state index in [4.69, 9.17) is 10.8 Å². The molecule has 0 spiro atoms. The molecule has 2 fully saturated rings. The number of aromatic nitrogens is 1. The highest BCUT2D eigenvalue weighted by Gasteiger charge is 2.33. The number of rotatable bonds is 4. The van der Waals surface area contributed by atoms with Crippen molar-refractivity contribution in [3.05, 3.63) is 24.5 Å². The van der Waals surface area contributed by atoms with E-state index in [9.17, 15) is 4.79 Å². The average molecular weight is 317 g/mol. The first-order valence-corrected chi connectivity index (χ1v) is 8.78. The highest BCUT2D eigenvalue weighted by molar-refractivity contribution is 5.73. The minimum Gasteiger partial charge on any atom is -0.480 e. The normalized spacial score (nSPS) is 27.6. The molecule has 0 radical (unpaired) electrons. The molecule has 1 saturated heterocycles. The van der Waals surface area contributed by atoms with Crippen molar-refractivity contribution in [1.82, 2.24) is 4.98 Å². The largest absolute Gasteiger partial charge is 0.480 e. The second kappa shape index (κ2) is 7.30. The number of hydrogen-bond donors (Lipinski definition) is 2. The monoisotopic (exact) mass is 317 g/mol. The van der Waals surface area contributed by atoms with Crippen LogP contribution in [0.25, 0.3) is 0 Å². The fourth-order valence-electron chi connectivity index (χ4n) is 4.36. The molecule has 1 aliphatic heterocycles. The lowest BCUT2D eigenvalue weighted by molar-refractivity contribution is -0.140. The number of nitrogens with two attached hydrogens (primary N) is 1. The minimum absolute atomic E-state index is 0.167. The van der Waals surface area contributed by atoms with E-state index < -0.39 is 12.0 Å². The average Bonchev–Trinajstić information content (AvgIpc) is 2.62. The van der Waals surface area contributed by atoms with Gasteiger partial charge in [-0.05, 0) is 68.4 Å². The Morgan fingerprint density at radius 1 is 1.09 bits per heavy atom. The van der Waals surface area contributed by atoms with E-state index >= 15 is 0 Å². The van der Waals surface area contributed by atoms with Gasteiger partial charge in [-0.1, -0.05) is 0 Å². The summed E-state index contributed by atoms with van der Waals surface area (Å²) in [6.45, 7) is 2.23. The number of hydrogen-bond acceptors (Lipinski definition) is 4.